The highest BCUT2D eigenvalue weighted by Gasteiger charge is 2.30. The first kappa shape index (κ1) is 23.2. The van der Waals surface area contributed by atoms with E-state index >= 15 is 0 Å². The Labute approximate surface area is 210 Å². The van der Waals surface area contributed by atoms with Crippen molar-refractivity contribution in [2.75, 3.05) is 13.7 Å². The van der Waals surface area contributed by atoms with E-state index in [4.69, 9.17) is 21.7 Å². The zero-order valence-electron chi connectivity index (χ0n) is 18.1. The van der Waals surface area contributed by atoms with Gasteiger partial charge in [-0.05, 0) is 87.9 Å². The van der Waals surface area contributed by atoms with Crippen molar-refractivity contribution < 1.29 is 19.1 Å². The number of nitrogens with one attached hydrogen (secondary N) is 1. The smallest absolute Gasteiger partial charge is 0.265 e. The molecule has 6 nitrogen and oxygen atoms in total. The number of nitrogens with zero attached hydrogens (tertiary/aromatic N) is 1. The highest BCUT2D eigenvalue weighted by atomic mass is 127. The second-order valence-corrected chi connectivity index (χ2v) is 8.96. The summed E-state index contributed by atoms with van der Waals surface area (Å²) in [6, 6.07) is 18.0. The summed E-state index contributed by atoms with van der Waals surface area (Å²) in [5, 5.41) is 4.94. The van der Waals surface area contributed by atoms with Crippen LogP contribution in [0.15, 0.2) is 60.2 Å². The maximum atomic E-state index is 12.5. The van der Waals surface area contributed by atoms with Crippen LogP contribution in [0.5, 0.6) is 11.5 Å². The van der Waals surface area contributed by atoms with Gasteiger partial charge in [-0.1, -0.05) is 36.4 Å². The number of fused-ring (bicyclic) bond motifs is 1. The Balaban J connectivity index is 1.62. The first-order valence-corrected chi connectivity index (χ1v) is 11.8. The summed E-state index contributed by atoms with van der Waals surface area (Å²) < 4.78 is 12.8. The second-order valence-electron chi connectivity index (χ2n) is 7.41. The summed E-state index contributed by atoms with van der Waals surface area (Å²) in [7, 11) is 1.52. The van der Waals surface area contributed by atoms with Gasteiger partial charge in [-0.25, -0.2) is 0 Å². The number of amides is 2. The number of carbonyl (C=O) groups excluding carboxylic acids is 2. The van der Waals surface area contributed by atoms with Crippen LogP contribution in [0, 0.1) is 3.57 Å². The van der Waals surface area contributed by atoms with Crippen LogP contribution in [0.1, 0.15) is 18.1 Å². The SMILES string of the molecule is CCOc1cc(/C=C2\C(=O)NC(=S)N(C)C2=O)cc(I)c1OCc1ccc2ccccc2c1. The first-order chi connectivity index (χ1) is 15.9. The maximum Gasteiger partial charge on any atom is 0.265 e. The minimum atomic E-state index is -0.521. The fourth-order valence-electron chi connectivity index (χ4n) is 3.47. The quantitative estimate of drug-likeness (QED) is 0.201. The normalized spacial score (nSPS) is 15.2. The van der Waals surface area contributed by atoms with Gasteiger partial charge in [0.1, 0.15) is 12.2 Å². The van der Waals surface area contributed by atoms with Crippen molar-refractivity contribution in [1.82, 2.24) is 10.2 Å². The summed E-state index contributed by atoms with van der Waals surface area (Å²) >= 11 is 7.17. The van der Waals surface area contributed by atoms with Crippen molar-refractivity contribution in [3.05, 3.63) is 74.9 Å². The third-order valence-corrected chi connectivity index (χ3v) is 6.32. The van der Waals surface area contributed by atoms with Crippen LogP contribution in [0.25, 0.3) is 16.8 Å². The van der Waals surface area contributed by atoms with Crippen LogP contribution >= 0.6 is 34.8 Å². The fourth-order valence-corrected chi connectivity index (χ4v) is 4.43. The summed E-state index contributed by atoms with van der Waals surface area (Å²) in [6.45, 7) is 2.71. The lowest BCUT2D eigenvalue weighted by atomic mass is 10.1. The predicted molar refractivity (Wildman–Crippen MR) is 140 cm³/mol. The Hall–Kier alpha value is -2.98. The van der Waals surface area contributed by atoms with Gasteiger partial charge in [-0.15, -0.1) is 0 Å². The van der Waals surface area contributed by atoms with Gasteiger partial charge in [-0.2, -0.15) is 0 Å². The average Bonchev–Trinajstić information content (AvgIpc) is 2.80. The Morgan fingerprint density at radius 3 is 2.58 bits per heavy atom. The molecule has 3 aromatic rings. The van der Waals surface area contributed by atoms with Crippen molar-refractivity contribution in [2.24, 2.45) is 0 Å². The molecule has 168 valence electrons. The monoisotopic (exact) mass is 572 g/mol. The van der Waals surface area contributed by atoms with E-state index in [2.05, 4.69) is 52.2 Å². The van der Waals surface area contributed by atoms with Gasteiger partial charge >= 0.3 is 0 Å². The molecule has 2 amide bonds. The molecule has 1 saturated heterocycles. The lowest BCUT2D eigenvalue weighted by molar-refractivity contribution is -0.128. The van der Waals surface area contributed by atoms with Crippen molar-refractivity contribution >= 4 is 68.6 Å². The first-order valence-electron chi connectivity index (χ1n) is 10.3. The number of hydrogen-bond donors (Lipinski definition) is 1. The lowest BCUT2D eigenvalue weighted by Gasteiger charge is -2.25. The number of halogens is 1. The Kier molecular flexibility index (Phi) is 6.94. The van der Waals surface area contributed by atoms with Crippen LogP contribution in [0.3, 0.4) is 0 Å². The summed E-state index contributed by atoms with van der Waals surface area (Å²) in [6.07, 6.45) is 1.54. The molecule has 0 bridgehead atoms. The van der Waals surface area contributed by atoms with E-state index in [0.29, 0.717) is 30.3 Å². The van der Waals surface area contributed by atoms with Crippen LogP contribution < -0.4 is 14.8 Å². The maximum absolute atomic E-state index is 12.5. The van der Waals surface area contributed by atoms with Crippen molar-refractivity contribution in [1.29, 1.82) is 0 Å². The molecule has 0 saturated carbocycles. The van der Waals surface area contributed by atoms with E-state index in [1.165, 1.54) is 23.4 Å². The number of thiocarbonyl (C=S) groups is 1. The van der Waals surface area contributed by atoms with Gasteiger partial charge in [0.2, 0.25) is 0 Å². The van der Waals surface area contributed by atoms with Crippen LogP contribution in [-0.2, 0) is 16.2 Å². The molecule has 0 atom stereocenters. The molecule has 1 aliphatic heterocycles. The molecular formula is C25H21IN2O4S. The largest absolute Gasteiger partial charge is 0.490 e. The number of ether oxygens (including phenoxy) is 2. The molecule has 33 heavy (non-hydrogen) atoms. The molecule has 0 radical (unpaired) electrons. The van der Waals surface area contributed by atoms with E-state index in [1.54, 1.807) is 6.07 Å². The van der Waals surface area contributed by atoms with E-state index in [-0.39, 0.29) is 10.7 Å². The van der Waals surface area contributed by atoms with Gasteiger partial charge in [0.15, 0.2) is 16.6 Å². The van der Waals surface area contributed by atoms with Gasteiger partial charge in [0.05, 0.1) is 10.2 Å². The summed E-state index contributed by atoms with van der Waals surface area (Å²) in [5.74, 6) is 0.191. The third kappa shape index (κ3) is 5.01. The second kappa shape index (κ2) is 9.88. The topological polar surface area (TPSA) is 67.9 Å². The number of hydrogen-bond acceptors (Lipinski definition) is 5. The molecule has 0 aromatic heterocycles. The van der Waals surface area contributed by atoms with Gasteiger partial charge < -0.3 is 9.47 Å². The van der Waals surface area contributed by atoms with E-state index < -0.39 is 11.8 Å². The summed E-state index contributed by atoms with van der Waals surface area (Å²) in [4.78, 5) is 26.1. The number of benzene rings is 3. The van der Waals surface area contributed by atoms with E-state index in [9.17, 15) is 9.59 Å². The third-order valence-electron chi connectivity index (χ3n) is 5.14. The van der Waals surface area contributed by atoms with E-state index in [0.717, 1.165) is 14.5 Å². The zero-order chi connectivity index (χ0) is 23.5. The highest BCUT2D eigenvalue weighted by Crippen LogP contribution is 2.36. The minimum absolute atomic E-state index is 0.00850. The van der Waals surface area contributed by atoms with Gasteiger partial charge in [0, 0.05) is 7.05 Å². The Morgan fingerprint density at radius 2 is 1.82 bits per heavy atom. The van der Waals surface area contributed by atoms with Crippen molar-refractivity contribution in [3.8, 4) is 11.5 Å². The van der Waals surface area contributed by atoms with Crippen molar-refractivity contribution in [3.63, 3.8) is 0 Å². The van der Waals surface area contributed by atoms with Crippen LogP contribution in [0.2, 0.25) is 0 Å². The molecular weight excluding hydrogens is 551 g/mol. The Morgan fingerprint density at radius 1 is 1.06 bits per heavy atom. The Bertz CT molecular complexity index is 1300. The molecule has 0 aliphatic carbocycles. The molecule has 1 fully saturated rings. The van der Waals surface area contributed by atoms with Crippen LogP contribution in [-0.4, -0.2) is 35.5 Å². The molecule has 0 unspecified atom stereocenters. The fraction of sp³-hybridized carbons (Fsp3) is 0.160. The standard InChI is InChI=1S/C25H21IN2O4S/c1-3-31-21-13-16(11-19-23(29)27-25(33)28(2)24(19)30)12-20(26)22(21)32-14-15-8-9-17-6-4-5-7-18(17)10-15/h4-13H,3,14H2,1-2H3,(H,27,29,33)/b19-11+. The number of likely N-dealkylation sites (N-methyl/N-ethyl adjacent to an activating group) is 1. The molecule has 4 rings (SSSR count). The molecule has 0 spiro atoms. The number of carbonyl (C=O) groups is 2. The molecule has 3 aromatic carbocycles. The summed E-state index contributed by atoms with van der Waals surface area (Å²) in [5.41, 5.74) is 1.71. The molecule has 1 N–H and O–H groups in total. The molecule has 1 aliphatic rings. The van der Waals surface area contributed by atoms with Crippen LogP contribution in [0.4, 0.5) is 0 Å². The molecule has 1 heterocycles. The number of rotatable bonds is 6. The molecule has 8 heteroatoms. The minimum Gasteiger partial charge on any atom is -0.490 e. The van der Waals surface area contributed by atoms with E-state index in [1.807, 2.05) is 31.2 Å². The van der Waals surface area contributed by atoms with Gasteiger partial charge in [-0.3, -0.25) is 19.8 Å². The van der Waals surface area contributed by atoms with Crippen molar-refractivity contribution in [2.45, 2.75) is 13.5 Å². The average molecular weight is 572 g/mol. The lowest BCUT2D eigenvalue weighted by Crippen LogP contribution is -2.52. The predicted octanol–water partition coefficient (Wildman–Crippen LogP) is 4.68. The zero-order valence-corrected chi connectivity index (χ0v) is 21.0. The highest BCUT2D eigenvalue weighted by molar-refractivity contribution is 14.1. The van der Waals surface area contributed by atoms with Gasteiger partial charge in [0.25, 0.3) is 11.8 Å².